The number of aliphatic hydroxyl groups is 1. The van der Waals surface area contributed by atoms with Gasteiger partial charge in [-0.25, -0.2) is 4.39 Å². The Kier molecular flexibility index (Phi) is 4.07. The first-order chi connectivity index (χ1) is 8.90. The number of aryl methyl sites for hydroxylation is 3. The van der Waals surface area contributed by atoms with Crippen LogP contribution in [0.3, 0.4) is 0 Å². The lowest BCUT2D eigenvalue weighted by Crippen LogP contribution is -2.05. The average molecular weight is 323 g/mol. The number of hydrogen-bond acceptors (Lipinski definition) is 1. The van der Waals surface area contributed by atoms with E-state index >= 15 is 0 Å². The molecule has 0 fully saturated rings. The molecule has 0 saturated carbocycles. The van der Waals surface area contributed by atoms with Crippen molar-refractivity contribution in [2.75, 3.05) is 0 Å². The molecule has 19 heavy (non-hydrogen) atoms. The summed E-state index contributed by atoms with van der Waals surface area (Å²) in [5.41, 5.74) is 3.95. The van der Waals surface area contributed by atoms with E-state index in [-0.39, 0.29) is 5.82 Å². The number of hydrogen-bond donors (Lipinski definition) is 1. The molecule has 3 heteroatoms. The van der Waals surface area contributed by atoms with Crippen molar-refractivity contribution in [2.24, 2.45) is 0 Å². The van der Waals surface area contributed by atoms with Crippen molar-refractivity contribution in [1.82, 2.24) is 0 Å². The van der Waals surface area contributed by atoms with Gasteiger partial charge < -0.3 is 5.11 Å². The van der Waals surface area contributed by atoms with Gasteiger partial charge in [-0.05, 0) is 49.6 Å². The Labute approximate surface area is 121 Å². The summed E-state index contributed by atoms with van der Waals surface area (Å²) < 4.78 is 14.8. The predicted molar refractivity (Wildman–Crippen MR) is 78.8 cm³/mol. The molecule has 0 aliphatic carbocycles. The molecule has 2 aromatic rings. The van der Waals surface area contributed by atoms with Gasteiger partial charge in [-0.2, -0.15) is 0 Å². The fourth-order valence-corrected chi connectivity index (χ4v) is 2.60. The largest absolute Gasteiger partial charge is 0.384 e. The maximum atomic E-state index is 13.8. The lowest BCUT2D eigenvalue weighted by Gasteiger charge is -2.17. The van der Waals surface area contributed by atoms with Crippen LogP contribution < -0.4 is 0 Å². The van der Waals surface area contributed by atoms with Crippen molar-refractivity contribution in [3.63, 3.8) is 0 Å². The Morgan fingerprint density at radius 1 is 1.00 bits per heavy atom. The molecule has 0 saturated heterocycles. The Morgan fingerprint density at radius 3 is 2.37 bits per heavy atom. The van der Waals surface area contributed by atoms with Crippen LogP contribution in [-0.4, -0.2) is 5.11 Å². The third kappa shape index (κ3) is 2.88. The van der Waals surface area contributed by atoms with E-state index in [0.717, 1.165) is 26.7 Å². The topological polar surface area (TPSA) is 20.2 Å². The highest BCUT2D eigenvalue weighted by Crippen LogP contribution is 2.30. The van der Waals surface area contributed by atoms with Gasteiger partial charge in [-0.3, -0.25) is 0 Å². The van der Waals surface area contributed by atoms with E-state index in [2.05, 4.69) is 15.9 Å². The van der Waals surface area contributed by atoms with Crippen molar-refractivity contribution in [2.45, 2.75) is 26.9 Å². The molecule has 0 radical (unpaired) electrons. The van der Waals surface area contributed by atoms with E-state index in [9.17, 15) is 9.50 Å². The van der Waals surface area contributed by atoms with Crippen LogP contribution >= 0.6 is 15.9 Å². The highest BCUT2D eigenvalue weighted by atomic mass is 79.9. The summed E-state index contributed by atoms with van der Waals surface area (Å²) in [6.45, 7) is 5.75. The lowest BCUT2D eigenvalue weighted by molar-refractivity contribution is 0.214. The minimum absolute atomic E-state index is 0.324. The van der Waals surface area contributed by atoms with Gasteiger partial charge in [0.15, 0.2) is 0 Å². The molecule has 0 aliphatic heterocycles. The van der Waals surface area contributed by atoms with Gasteiger partial charge in [0.05, 0.1) is 0 Å². The fourth-order valence-electron chi connectivity index (χ4n) is 2.14. The van der Waals surface area contributed by atoms with Gasteiger partial charge >= 0.3 is 0 Å². The maximum Gasteiger partial charge on any atom is 0.129 e. The zero-order valence-corrected chi connectivity index (χ0v) is 12.8. The van der Waals surface area contributed by atoms with Crippen molar-refractivity contribution in [3.8, 4) is 0 Å². The van der Waals surface area contributed by atoms with E-state index in [4.69, 9.17) is 0 Å². The second-order valence-electron chi connectivity index (χ2n) is 4.89. The second-order valence-corrected chi connectivity index (χ2v) is 5.74. The average Bonchev–Trinajstić information content (AvgIpc) is 2.36. The molecule has 0 heterocycles. The standard InChI is InChI=1S/C16H16BrFO/c1-9-4-5-15(18)13(6-9)16(19)12-7-11(3)14(17)8-10(12)2/h4-8,16,19H,1-3H3. The number of rotatable bonds is 2. The summed E-state index contributed by atoms with van der Waals surface area (Å²) in [7, 11) is 0. The summed E-state index contributed by atoms with van der Waals surface area (Å²) in [5, 5.41) is 10.4. The zero-order chi connectivity index (χ0) is 14.2. The maximum absolute atomic E-state index is 13.8. The first kappa shape index (κ1) is 14.2. The minimum atomic E-state index is -0.938. The molecule has 1 N–H and O–H groups in total. The smallest absolute Gasteiger partial charge is 0.129 e. The van der Waals surface area contributed by atoms with Gasteiger partial charge in [-0.15, -0.1) is 0 Å². The van der Waals surface area contributed by atoms with Crippen LogP contribution in [0.25, 0.3) is 0 Å². The van der Waals surface area contributed by atoms with Gasteiger partial charge in [0.25, 0.3) is 0 Å². The molecular formula is C16H16BrFO. The molecule has 1 atom stereocenters. The number of aliphatic hydroxyl groups excluding tert-OH is 1. The molecule has 0 aliphatic rings. The molecular weight excluding hydrogens is 307 g/mol. The van der Waals surface area contributed by atoms with E-state index in [1.807, 2.05) is 32.9 Å². The fraction of sp³-hybridized carbons (Fsp3) is 0.250. The van der Waals surface area contributed by atoms with Crippen LogP contribution in [0, 0.1) is 26.6 Å². The molecule has 0 amide bonds. The monoisotopic (exact) mass is 322 g/mol. The van der Waals surface area contributed by atoms with Crippen molar-refractivity contribution < 1.29 is 9.50 Å². The molecule has 2 rings (SSSR count). The third-order valence-electron chi connectivity index (χ3n) is 3.29. The zero-order valence-electron chi connectivity index (χ0n) is 11.2. The summed E-state index contributed by atoms with van der Waals surface area (Å²) in [5.74, 6) is -0.377. The van der Waals surface area contributed by atoms with Crippen LogP contribution in [0.2, 0.25) is 0 Å². The summed E-state index contributed by atoms with van der Waals surface area (Å²) in [6, 6.07) is 8.63. The van der Waals surface area contributed by atoms with Crippen LogP contribution in [-0.2, 0) is 0 Å². The molecule has 2 aromatic carbocycles. The van der Waals surface area contributed by atoms with Crippen LogP contribution in [0.4, 0.5) is 4.39 Å². The summed E-state index contributed by atoms with van der Waals surface area (Å²) in [4.78, 5) is 0. The summed E-state index contributed by atoms with van der Waals surface area (Å²) in [6.07, 6.45) is -0.938. The van der Waals surface area contributed by atoms with Gasteiger partial charge in [0.1, 0.15) is 11.9 Å². The number of halogens is 2. The van der Waals surface area contributed by atoms with Gasteiger partial charge in [0, 0.05) is 10.0 Å². The van der Waals surface area contributed by atoms with E-state index in [0.29, 0.717) is 5.56 Å². The molecule has 1 nitrogen and oxygen atoms in total. The van der Waals surface area contributed by atoms with E-state index < -0.39 is 6.10 Å². The molecule has 0 aromatic heterocycles. The Balaban J connectivity index is 2.52. The first-order valence-electron chi connectivity index (χ1n) is 6.11. The van der Waals surface area contributed by atoms with Crippen molar-refractivity contribution in [1.29, 1.82) is 0 Å². The Hall–Kier alpha value is -1.19. The highest BCUT2D eigenvalue weighted by Gasteiger charge is 2.18. The molecule has 1 unspecified atom stereocenters. The van der Waals surface area contributed by atoms with Gasteiger partial charge in [-0.1, -0.05) is 39.7 Å². The first-order valence-corrected chi connectivity index (χ1v) is 6.90. The molecule has 0 bridgehead atoms. The summed E-state index contributed by atoms with van der Waals surface area (Å²) >= 11 is 3.46. The minimum Gasteiger partial charge on any atom is -0.384 e. The Morgan fingerprint density at radius 2 is 1.68 bits per heavy atom. The third-order valence-corrected chi connectivity index (χ3v) is 4.14. The second kappa shape index (κ2) is 5.43. The predicted octanol–water partition coefficient (Wildman–Crippen LogP) is 4.60. The quantitative estimate of drug-likeness (QED) is 0.857. The van der Waals surface area contributed by atoms with Crippen LogP contribution in [0.15, 0.2) is 34.8 Å². The van der Waals surface area contributed by atoms with Gasteiger partial charge in [0.2, 0.25) is 0 Å². The normalized spacial score (nSPS) is 12.5. The van der Waals surface area contributed by atoms with Crippen molar-refractivity contribution >= 4 is 15.9 Å². The van der Waals surface area contributed by atoms with Crippen LogP contribution in [0.5, 0.6) is 0 Å². The van der Waals surface area contributed by atoms with E-state index in [1.54, 1.807) is 12.1 Å². The van der Waals surface area contributed by atoms with Crippen LogP contribution in [0.1, 0.15) is 33.9 Å². The Bertz CT molecular complexity index is 622. The molecule has 0 spiro atoms. The molecule has 100 valence electrons. The lowest BCUT2D eigenvalue weighted by atomic mass is 9.94. The van der Waals surface area contributed by atoms with Crippen molar-refractivity contribution in [3.05, 3.63) is 68.4 Å². The number of benzene rings is 2. The highest BCUT2D eigenvalue weighted by molar-refractivity contribution is 9.10. The SMILES string of the molecule is Cc1ccc(F)c(C(O)c2cc(C)c(Br)cc2C)c1. The van der Waals surface area contributed by atoms with E-state index in [1.165, 1.54) is 6.07 Å².